The van der Waals surface area contributed by atoms with Gasteiger partial charge in [-0.05, 0) is 43.7 Å². The van der Waals surface area contributed by atoms with Crippen molar-refractivity contribution in [2.24, 2.45) is 0 Å². The Balaban J connectivity index is 2.01. The van der Waals surface area contributed by atoms with Gasteiger partial charge in [0.15, 0.2) is 6.10 Å². The Kier molecular flexibility index (Phi) is 6.11. The standard InChI is InChI=1S/C19H21FN2O3/c1-12(15-8-10-16(20)11-9-15)21-19(24)13(2)25-18-7-5-4-6-17(18)22-14(3)23/h4-13H,1-3H3,(H,21,24)(H,22,23)/t12-,13-/m0/s1. The fourth-order valence-electron chi connectivity index (χ4n) is 2.27. The first-order valence-corrected chi connectivity index (χ1v) is 7.96. The number of carbonyl (C=O) groups is 2. The van der Waals surface area contributed by atoms with E-state index in [1.807, 2.05) is 6.92 Å². The molecule has 2 aromatic carbocycles. The third-order valence-corrected chi connectivity index (χ3v) is 3.60. The molecule has 132 valence electrons. The molecule has 0 bridgehead atoms. The van der Waals surface area contributed by atoms with Crippen LogP contribution in [0.15, 0.2) is 48.5 Å². The van der Waals surface area contributed by atoms with Gasteiger partial charge in [-0.15, -0.1) is 0 Å². The number of ether oxygens (including phenoxy) is 1. The van der Waals surface area contributed by atoms with Gasteiger partial charge in [-0.1, -0.05) is 24.3 Å². The highest BCUT2D eigenvalue weighted by atomic mass is 19.1. The molecule has 2 amide bonds. The number of amides is 2. The van der Waals surface area contributed by atoms with Gasteiger partial charge in [0.25, 0.3) is 5.91 Å². The molecule has 25 heavy (non-hydrogen) atoms. The topological polar surface area (TPSA) is 67.4 Å². The average Bonchev–Trinajstić information content (AvgIpc) is 2.56. The molecular formula is C19H21FN2O3. The van der Waals surface area contributed by atoms with Gasteiger partial charge in [-0.3, -0.25) is 9.59 Å². The Morgan fingerprint density at radius 1 is 1.04 bits per heavy atom. The van der Waals surface area contributed by atoms with Gasteiger partial charge in [0.2, 0.25) is 5.91 Å². The maximum atomic E-state index is 13.0. The second kappa shape index (κ2) is 8.28. The summed E-state index contributed by atoms with van der Waals surface area (Å²) < 4.78 is 18.7. The maximum absolute atomic E-state index is 13.0. The lowest BCUT2D eigenvalue weighted by Crippen LogP contribution is -2.37. The van der Waals surface area contributed by atoms with Gasteiger partial charge in [0.05, 0.1) is 11.7 Å². The molecule has 0 saturated carbocycles. The van der Waals surface area contributed by atoms with Crippen LogP contribution in [0.3, 0.4) is 0 Å². The Bertz CT molecular complexity index is 747. The van der Waals surface area contributed by atoms with E-state index in [1.54, 1.807) is 43.3 Å². The number of carbonyl (C=O) groups excluding carboxylic acids is 2. The lowest BCUT2D eigenvalue weighted by atomic mass is 10.1. The second-order valence-corrected chi connectivity index (χ2v) is 5.72. The van der Waals surface area contributed by atoms with E-state index >= 15 is 0 Å². The quantitative estimate of drug-likeness (QED) is 0.844. The van der Waals surface area contributed by atoms with Crippen molar-refractivity contribution in [3.63, 3.8) is 0 Å². The summed E-state index contributed by atoms with van der Waals surface area (Å²) in [5, 5.41) is 5.48. The molecule has 0 spiro atoms. The number of hydrogen-bond donors (Lipinski definition) is 2. The van der Waals surface area contributed by atoms with E-state index in [1.165, 1.54) is 19.1 Å². The van der Waals surface area contributed by atoms with E-state index in [0.717, 1.165) is 5.56 Å². The number of rotatable bonds is 6. The molecule has 2 rings (SSSR count). The van der Waals surface area contributed by atoms with Crippen LogP contribution in [-0.2, 0) is 9.59 Å². The normalized spacial score (nSPS) is 12.8. The van der Waals surface area contributed by atoms with Crippen LogP contribution in [0.2, 0.25) is 0 Å². The van der Waals surface area contributed by atoms with E-state index in [2.05, 4.69) is 10.6 Å². The number of nitrogens with one attached hydrogen (secondary N) is 2. The second-order valence-electron chi connectivity index (χ2n) is 5.72. The third kappa shape index (κ3) is 5.31. The van der Waals surface area contributed by atoms with Crippen molar-refractivity contribution in [1.29, 1.82) is 0 Å². The highest BCUT2D eigenvalue weighted by Gasteiger charge is 2.19. The number of para-hydroxylation sites is 2. The van der Waals surface area contributed by atoms with Crippen molar-refractivity contribution in [2.45, 2.75) is 32.9 Å². The Morgan fingerprint density at radius 2 is 1.68 bits per heavy atom. The minimum Gasteiger partial charge on any atom is -0.479 e. The summed E-state index contributed by atoms with van der Waals surface area (Å²) in [7, 11) is 0. The fraction of sp³-hybridized carbons (Fsp3) is 0.263. The smallest absolute Gasteiger partial charge is 0.261 e. The van der Waals surface area contributed by atoms with Crippen LogP contribution >= 0.6 is 0 Å². The Labute approximate surface area is 146 Å². The van der Waals surface area contributed by atoms with Gasteiger partial charge in [0.1, 0.15) is 11.6 Å². The lowest BCUT2D eigenvalue weighted by Gasteiger charge is -2.20. The predicted molar refractivity (Wildman–Crippen MR) is 93.8 cm³/mol. The molecule has 0 heterocycles. The first-order chi connectivity index (χ1) is 11.9. The van der Waals surface area contributed by atoms with Gasteiger partial charge in [-0.2, -0.15) is 0 Å². The monoisotopic (exact) mass is 344 g/mol. The van der Waals surface area contributed by atoms with E-state index < -0.39 is 6.10 Å². The molecular weight excluding hydrogens is 323 g/mol. The summed E-state index contributed by atoms with van der Waals surface area (Å²) in [6.07, 6.45) is -0.766. The minimum atomic E-state index is -0.766. The van der Waals surface area contributed by atoms with Crippen LogP contribution in [0.25, 0.3) is 0 Å². The molecule has 0 unspecified atom stereocenters. The number of benzene rings is 2. The molecule has 5 nitrogen and oxygen atoms in total. The zero-order valence-electron chi connectivity index (χ0n) is 14.4. The minimum absolute atomic E-state index is 0.224. The van der Waals surface area contributed by atoms with E-state index in [-0.39, 0.29) is 23.7 Å². The van der Waals surface area contributed by atoms with Crippen molar-refractivity contribution >= 4 is 17.5 Å². The van der Waals surface area contributed by atoms with E-state index in [9.17, 15) is 14.0 Å². The number of hydrogen-bond acceptors (Lipinski definition) is 3. The molecule has 0 radical (unpaired) electrons. The SMILES string of the molecule is CC(=O)Nc1ccccc1O[C@@H](C)C(=O)N[C@@H](C)c1ccc(F)cc1. The number of anilines is 1. The molecule has 2 aromatic rings. The van der Waals surface area contributed by atoms with Crippen molar-refractivity contribution < 1.29 is 18.7 Å². The summed E-state index contributed by atoms with van der Waals surface area (Å²) in [5.41, 5.74) is 1.29. The zero-order valence-corrected chi connectivity index (χ0v) is 14.4. The molecule has 0 aliphatic carbocycles. The molecule has 6 heteroatoms. The average molecular weight is 344 g/mol. The van der Waals surface area contributed by atoms with Crippen LogP contribution in [0.5, 0.6) is 5.75 Å². The van der Waals surface area contributed by atoms with Crippen LogP contribution in [0.4, 0.5) is 10.1 Å². The highest BCUT2D eigenvalue weighted by Crippen LogP contribution is 2.25. The first kappa shape index (κ1) is 18.4. The lowest BCUT2D eigenvalue weighted by molar-refractivity contribution is -0.127. The molecule has 0 fully saturated rings. The molecule has 0 saturated heterocycles. The number of halogens is 1. The summed E-state index contributed by atoms with van der Waals surface area (Å²) in [4.78, 5) is 23.6. The zero-order chi connectivity index (χ0) is 18.4. The van der Waals surface area contributed by atoms with E-state index in [0.29, 0.717) is 11.4 Å². The first-order valence-electron chi connectivity index (χ1n) is 7.96. The summed E-state index contributed by atoms with van der Waals surface area (Å²) in [5.74, 6) is -0.448. The van der Waals surface area contributed by atoms with Gasteiger partial charge < -0.3 is 15.4 Å². The van der Waals surface area contributed by atoms with E-state index in [4.69, 9.17) is 4.74 Å². The van der Waals surface area contributed by atoms with Crippen LogP contribution in [0.1, 0.15) is 32.4 Å². The highest BCUT2D eigenvalue weighted by molar-refractivity contribution is 5.90. The molecule has 0 aliphatic heterocycles. The van der Waals surface area contributed by atoms with Crippen LogP contribution in [0, 0.1) is 5.82 Å². The van der Waals surface area contributed by atoms with Crippen molar-refractivity contribution in [2.75, 3.05) is 5.32 Å². The Hall–Kier alpha value is -2.89. The summed E-state index contributed by atoms with van der Waals surface area (Å²) in [6.45, 7) is 4.83. The Morgan fingerprint density at radius 3 is 2.32 bits per heavy atom. The molecule has 0 aliphatic rings. The largest absolute Gasteiger partial charge is 0.479 e. The van der Waals surface area contributed by atoms with Crippen LogP contribution in [-0.4, -0.2) is 17.9 Å². The van der Waals surface area contributed by atoms with Crippen molar-refractivity contribution in [3.8, 4) is 5.75 Å². The molecule has 0 aromatic heterocycles. The van der Waals surface area contributed by atoms with Gasteiger partial charge in [0, 0.05) is 6.92 Å². The summed E-state index contributed by atoms with van der Waals surface area (Å²) in [6, 6.07) is 12.6. The molecule has 2 N–H and O–H groups in total. The third-order valence-electron chi connectivity index (χ3n) is 3.60. The summed E-state index contributed by atoms with van der Waals surface area (Å²) >= 11 is 0. The molecule has 2 atom stereocenters. The predicted octanol–water partition coefficient (Wildman–Crippen LogP) is 3.43. The van der Waals surface area contributed by atoms with Crippen LogP contribution < -0.4 is 15.4 Å². The fourth-order valence-corrected chi connectivity index (χ4v) is 2.27. The van der Waals surface area contributed by atoms with Crippen molar-refractivity contribution in [3.05, 3.63) is 59.9 Å². The van der Waals surface area contributed by atoms with Crippen molar-refractivity contribution in [1.82, 2.24) is 5.32 Å². The van der Waals surface area contributed by atoms with Gasteiger partial charge >= 0.3 is 0 Å². The van der Waals surface area contributed by atoms with Gasteiger partial charge in [-0.25, -0.2) is 4.39 Å². The maximum Gasteiger partial charge on any atom is 0.261 e.